The van der Waals surface area contributed by atoms with Crippen LogP contribution in [0.4, 0.5) is 10.1 Å². The van der Waals surface area contributed by atoms with Gasteiger partial charge in [-0.2, -0.15) is 0 Å². The second-order valence-electron chi connectivity index (χ2n) is 6.65. The van der Waals surface area contributed by atoms with E-state index in [9.17, 15) is 4.39 Å². The van der Waals surface area contributed by atoms with Gasteiger partial charge in [-0.25, -0.2) is 9.37 Å². The van der Waals surface area contributed by atoms with Crippen LogP contribution in [-0.4, -0.2) is 11.2 Å². The summed E-state index contributed by atoms with van der Waals surface area (Å²) in [5, 5.41) is 0.653. The molecule has 0 aliphatic rings. The number of aliphatic imine (C=N–C) groups is 1. The third-order valence-electron chi connectivity index (χ3n) is 4.54. The summed E-state index contributed by atoms with van der Waals surface area (Å²) in [4.78, 5) is 8.95. The average Bonchev–Trinajstić information content (AvgIpc) is 3.39. The first-order valence-corrected chi connectivity index (χ1v) is 9.58. The van der Waals surface area contributed by atoms with Gasteiger partial charge in [-0.15, -0.1) is 0 Å². The lowest BCUT2D eigenvalue weighted by atomic mass is 10.2. The minimum Gasteiger partial charge on any atom is -0.455 e. The Morgan fingerprint density at radius 3 is 2.57 bits per heavy atom. The first kappa shape index (κ1) is 18.3. The number of benzene rings is 3. The van der Waals surface area contributed by atoms with Gasteiger partial charge in [-0.05, 0) is 66.7 Å². The third kappa shape index (κ3) is 3.75. The maximum Gasteiger partial charge on any atom is 0.227 e. The summed E-state index contributed by atoms with van der Waals surface area (Å²) < 4.78 is 24.7. The van der Waals surface area contributed by atoms with Gasteiger partial charge in [0.25, 0.3) is 0 Å². The smallest absolute Gasteiger partial charge is 0.227 e. The second kappa shape index (κ2) is 7.61. The van der Waals surface area contributed by atoms with Gasteiger partial charge in [0, 0.05) is 16.1 Å². The first-order valence-electron chi connectivity index (χ1n) is 9.20. The van der Waals surface area contributed by atoms with Gasteiger partial charge < -0.3 is 8.83 Å². The van der Waals surface area contributed by atoms with Crippen LogP contribution >= 0.6 is 11.6 Å². The molecule has 0 saturated heterocycles. The number of halogens is 2. The molecule has 4 nitrogen and oxygen atoms in total. The molecule has 0 aliphatic heterocycles. The molecule has 0 spiro atoms. The first-order chi connectivity index (χ1) is 14.6. The van der Waals surface area contributed by atoms with Gasteiger partial charge in [0.1, 0.15) is 22.9 Å². The number of hydrogen-bond donors (Lipinski definition) is 0. The van der Waals surface area contributed by atoms with E-state index in [4.69, 9.17) is 20.4 Å². The lowest BCUT2D eigenvalue weighted by Gasteiger charge is -1.97. The molecule has 0 amide bonds. The van der Waals surface area contributed by atoms with E-state index in [-0.39, 0.29) is 5.82 Å². The maximum atomic E-state index is 13.1. The van der Waals surface area contributed by atoms with Crippen LogP contribution in [0, 0.1) is 5.82 Å². The van der Waals surface area contributed by atoms with E-state index < -0.39 is 0 Å². The highest BCUT2D eigenvalue weighted by atomic mass is 35.5. The Balaban J connectivity index is 1.39. The molecule has 146 valence electrons. The number of nitrogens with zero attached hydrogens (tertiary/aromatic N) is 2. The van der Waals surface area contributed by atoms with Crippen molar-refractivity contribution in [3.8, 4) is 22.8 Å². The number of fused-ring (bicyclic) bond motifs is 1. The van der Waals surface area contributed by atoms with E-state index in [1.54, 1.807) is 18.3 Å². The van der Waals surface area contributed by atoms with Crippen molar-refractivity contribution in [2.75, 3.05) is 0 Å². The van der Waals surface area contributed by atoms with Crippen molar-refractivity contribution in [2.24, 2.45) is 4.99 Å². The molecule has 2 heterocycles. The largest absolute Gasteiger partial charge is 0.455 e. The van der Waals surface area contributed by atoms with Crippen LogP contribution in [0.25, 0.3) is 33.9 Å². The molecular formula is C24H14ClFN2O2. The number of oxazole rings is 1. The molecule has 5 aromatic rings. The van der Waals surface area contributed by atoms with Crippen LogP contribution in [0.15, 0.2) is 92.7 Å². The fourth-order valence-electron chi connectivity index (χ4n) is 3.07. The lowest BCUT2D eigenvalue weighted by molar-refractivity contribution is 0.575. The Hall–Kier alpha value is -3.70. The van der Waals surface area contributed by atoms with Crippen molar-refractivity contribution < 1.29 is 13.2 Å². The van der Waals surface area contributed by atoms with Crippen LogP contribution in [0.3, 0.4) is 0 Å². The molecule has 0 atom stereocenters. The molecular weight excluding hydrogens is 403 g/mol. The summed E-state index contributed by atoms with van der Waals surface area (Å²) in [6, 6.07) is 22.7. The van der Waals surface area contributed by atoms with Crippen LogP contribution in [0.1, 0.15) is 5.76 Å². The zero-order valence-electron chi connectivity index (χ0n) is 15.5. The van der Waals surface area contributed by atoms with Crippen molar-refractivity contribution in [1.82, 2.24) is 4.98 Å². The third-order valence-corrected chi connectivity index (χ3v) is 4.77. The number of aromatic nitrogens is 1. The molecule has 0 N–H and O–H groups in total. The van der Waals surface area contributed by atoms with Crippen molar-refractivity contribution >= 4 is 34.6 Å². The molecule has 0 radical (unpaired) electrons. The van der Waals surface area contributed by atoms with Gasteiger partial charge >= 0.3 is 0 Å². The van der Waals surface area contributed by atoms with E-state index in [2.05, 4.69) is 9.98 Å². The van der Waals surface area contributed by atoms with Gasteiger partial charge in [-0.3, -0.25) is 4.99 Å². The number of furan rings is 1. The van der Waals surface area contributed by atoms with Gasteiger partial charge in [0.05, 0.1) is 11.9 Å². The standard InChI is InChI=1S/C24H14ClFN2O2/c25-17-3-1-2-16(12-17)22-11-9-20(29-22)14-27-19-8-10-23-21(13-19)28-24(30-23)15-4-6-18(26)7-5-15/h1-14H. The fraction of sp³-hybridized carbons (Fsp3) is 0. The van der Waals surface area contributed by atoms with E-state index in [1.165, 1.54) is 12.1 Å². The monoisotopic (exact) mass is 416 g/mol. The zero-order chi connectivity index (χ0) is 20.5. The topological polar surface area (TPSA) is 51.5 Å². The molecule has 0 unspecified atom stereocenters. The highest BCUT2D eigenvalue weighted by Gasteiger charge is 2.09. The summed E-state index contributed by atoms with van der Waals surface area (Å²) in [7, 11) is 0. The highest BCUT2D eigenvalue weighted by Crippen LogP contribution is 2.28. The van der Waals surface area contributed by atoms with E-state index in [1.807, 2.05) is 54.6 Å². The Labute approximate surface area is 176 Å². The molecule has 0 saturated carbocycles. The minimum atomic E-state index is -0.303. The Kier molecular flexibility index (Phi) is 4.65. The average molecular weight is 417 g/mol. The predicted molar refractivity (Wildman–Crippen MR) is 116 cm³/mol. The van der Waals surface area contributed by atoms with Crippen molar-refractivity contribution in [2.45, 2.75) is 0 Å². The quantitative estimate of drug-likeness (QED) is 0.289. The normalized spacial score (nSPS) is 11.5. The molecule has 0 aliphatic carbocycles. The Morgan fingerprint density at radius 2 is 1.73 bits per heavy atom. The molecule has 3 aromatic carbocycles. The predicted octanol–water partition coefficient (Wildman–Crippen LogP) is 7.30. The van der Waals surface area contributed by atoms with Crippen LogP contribution in [-0.2, 0) is 0 Å². The zero-order valence-corrected chi connectivity index (χ0v) is 16.3. The van der Waals surface area contributed by atoms with Gasteiger partial charge in [0.15, 0.2) is 5.58 Å². The minimum absolute atomic E-state index is 0.303. The fourth-order valence-corrected chi connectivity index (χ4v) is 3.26. The van der Waals surface area contributed by atoms with E-state index >= 15 is 0 Å². The summed E-state index contributed by atoms with van der Waals surface area (Å²) in [6.45, 7) is 0. The second-order valence-corrected chi connectivity index (χ2v) is 7.08. The van der Waals surface area contributed by atoms with Crippen LogP contribution < -0.4 is 0 Å². The summed E-state index contributed by atoms with van der Waals surface area (Å²) >= 11 is 6.04. The molecule has 2 aromatic heterocycles. The summed E-state index contributed by atoms with van der Waals surface area (Å²) in [5.74, 6) is 1.47. The number of hydrogen-bond acceptors (Lipinski definition) is 4. The van der Waals surface area contributed by atoms with Crippen LogP contribution in [0.2, 0.25) is 5.02 Å². The van der Waals surface area contributed by atoms with E-state index in [0.717, 1.165) is 11.3 Å². The Morgan fingerprint density at radius 1 is 0.867 bits per heavy atom. The lowest BCUT2D eigenvalue weighted by Crippen LogP contribution is -1.78. The van der Waals surface area contributed by atoms with Crippen molar-refractivity contribution in [1.29, 1.82) is 0 Å². The highest BCUT2D eigenvalue weighted by molar-refractivity contribution is 6.30. The molecule has 30 heavy (non-hydrogen) atoms. The summed E-state index contributed by atoms with van der Waals surface area (Å²) in [6.07, 6.45) is 1.65. The van der Waals surface area contributed by atoms with Crippen molar-refractivity contribution in [3.63, 3.8) is 0 Å². The Bertz CT molecular complexity index is 1370. The maximum absolute atomic E-state index is 13.1. The van der Waals surface area contributed by atoms with Crippen LogP contribution in [0.5, 0.6) is 0 Å². The summed E-state index contributed by atoms with van der Waals surface area (Å²) in [5.41, 5.74) is 3.63. The van der Waals surface area contributed by atoms with Crippen molar-refractivity contribution in [3.05, 3.63) is 95.5 Å². The molecule has 0 bridgehead atoms. The molecule has 6 heteroatoms. The SMILES string of the molecule is Fc1ccc(-c2nc3cc(N=Cc4ccc(-c5cccc(Cl)c5)o4)ccc3o2)cc1. The number of rotatable bonds is 4. The van der Waals surface area contributed by atoms with Gasteiger partial charge in [-0.1, -0.05) is 23.7 Å². The molecule has 5 rings (SSSR count). The van der Waals surface area contributed by atoms with Gasteiger partial charge in [0.2, 0.25) is 5.89 Å². The van der Waals surface area contributed by atoms with E-state index in [0.29, 0.717) is 39.0 Å². The molecule has 0 fully saturated rings.